The number of aromatic hydroxyl groups is 1. The normalized spacial score (nSPS) is 12.2. The second-order valence-electron chi connectivity index (χ2n) is 5.53. The van der Waals surface area contributed by atoms with Crippen LogP contribution in [0.25, 0.3) is 6.08 Å². The van der Waals surface area contributed by atoms with Crippen molar-refractivity contribution < 1.29 is 27.4 Å². The molecule has 1 aromatic rings. The Hall–Kier alpha value is -3.28. The fourth-order valence-electron chi connectivity index (χ4n) is 1.88. The minimum Gasteiger partial charge on any atom is -0.505 e. The maximum absolute atomic E-state index is 14.1. The summed E-state index contributed by atoms with van der Waals surface area (Å²) in [5.41, 5.74) is -0.00428. The van der Waals surface area contributed by atoms with E-state index in [1.54, 1.807) is 6.92 Å². The van der Waals surface area contributed by atoms with Crippen LogP contribution in [0.2, 0.25) is 0 Å². The Labute approximate surface area is 161 Å². The summed E-state index contributed by atoms with van der Waals surface area (Å²) in [6.07, 6.45) is 5.35. The Morgan fingerprint density at radius 3 is 2.25 bits per heavy atom. The summed E-state index contributed by atoms with van der Waals surface area (Å²) in [6.45, 7) is 15.7. The highest BCUT2D eigenvalue weighted by Gasteiger charge is 2.15. The van der Waals surface area contributed by atoms with E-state index >= 15 is 0 Å². The topological polar surface area (TPSA) is 29.5 Å². The number of benzene rings is 1. The van der Waals surface area contributed by atoms with E-state index in [1.165, 1.54) is 30.4 Å². The molecule has 0 fully saturated rings. The molecule has 0 aliphatic carbocycles. The summed E-state index contributed by atoms with van der Waals surface area (Å²) < 4.78 is 59.7. The minimum atomic E-state index is -1.36. The lowest BCUT2D eigenvalue weighted by Gasteiger charge is -2.08. The van der Waals surface area contributed by atoms with Gasteiger partial charge in [0, 0.05) is 11.1 Å². The maximum atomic E-state index is 14.1. The van der Waals surface area contributed by atoms with Gasteiger partial charge in [-0.15, -0.1) is 0 Å². The molecule has 0 saturated carbocycles. The zero-order chi connectivity index (χ0) is 21.4. The number of rotatable bonds is 9. The number of hydrogen-bond donors (Lipinski definition) is 1. The van der Waals surface area contributed by atoms with Gasteiger partial charge in [-0.3, -0.25) is 0 Å². The second kappa shape index (κ2) is 10.2. The van der Waals surface area contributed by atoms with Crippen molar-refractivity contribution in [3.63, 3.8) is 0 Å². The van der Waals surface area contributed by atoms with E-state index in [0.29, 0.717) is 5.57 Å². The van der Waals surface area contributed by atoms with Crippen LogP contribution in [0.3, 0.4) is 0 Å². The molecule has 1 N–H and O–H groups in total. The van der Waals surface area contributed by atoms with Crippen LogP contribution in [0, 0.1) is 11.6 Å². The van der Waals surface area contributed by atoms with E-state index in [-0.39, 0.29) is 23.3 Å². The first-order chi connectivity index (χ1) is 13.1. The van der Waals surface area contributed by atoms with Crippen LogP contribution in [0.15, 0.2) is 90.8 Å². The van der Waals surface area contributed by atoms with Gasteiger partial charge in [-0.2, -0.15) is 8.78 Å². The summed E-state index contributed by atoms with van der Waals surface area (Å²) in [4.78, 5) is 0. The van der Waals surface area contributed by atoms with Crippen molar-refractivity contribution >= 4 is 6.08 Å². The van der Waals surface area contributed by atoms with Gasteiger partial charge in [-0.25, -0.2) is 8.78 Å². The van der Waals surface area contributed by atoms with Crippen LogP contribution >= 0.6 is 0 Å². The van der Waals surface area contributed by atoms with Crippen molar-refractivity contribution in [3.8, 4) is 5.75 Å². The highest BCUT2D eigenvalue weighted by Crippen LogP contribution is 2.27. The number of halogens is 4. The number of ether oxygens (including phenoxy) is 1. The third-order valence-electron chi connectivity index (χ3n) is 3.48. The smallest absolute Gasteiger partial charge is 0.200 e. The number of allylic oxidation sites excluding steroid dienone is 8. The molecule has 0 atom stereocenters. The standard InChI is InChI=1S/C22H20F4O2/c1-6-28-16(5)20(24)19(23)15(4)14(3)9-7-13(2)8-10-17-11-12-18(27)22(26)21(17)25/h7-12,27H,2-6H2,1H3/b9-7-,10-8+,20-19-. The molecule has 6 heteroatoms. The first kappa shape index (κ1) is 22.8. The van der Waals surface area contributed by atoms with Gasteiger partial charge in [-0.05, 0) is 30.2 Å². The predicted octanol–water partition coefficient (Wildman–Crippen LogP) is 6.61. The number of phenolic OH excluding ortho intramolecular Hbond substituents is 1. The third-order valence-corrected chi connectivity index (χ3v) is 3.48. The van der Waals surface area contributed by atoms with Gasteiger partial charge < -0.3 is 9.84 Å². The first-order valence-corrected chi connectivity index (χ1v) is 8.08. The molecule has 0 radical (unpaired) electrons. The van der Waals surface area contributed by atoms with Crippen LogP contribution in [0.1, 0.15) is 12.5 Å². The van der Waals surface area contributed by atoms with Gasteiger partial charge >= 0.3 is 0 Å². The highest BCUT2D eigenvalue weighted by atomic mass is 19.2. The average molecular weight is 392 g/mol. The zero-order valence-electron chi connectivity index (χ0n) is 15.4. The zero-order valence-corrected chi connectivity index (χ0v) is 15.4. The van der Waals surface area contributed by atoms with Crippen LogP contribution in [-0.4, -0.2) is 11.7 Å². The molecule has 0 aliphatic heterocycles. The van der Waals surface area contributed by atoms with Gasteiger partial charge in [0.05, 0.1) is 6.61 Å². The Morgan fingerprint density at radius 2 is 1.64 bits per heavy atom. The largest absolute Gasteiger partial charge is 0.505 e. The van der Waals surface area contributed by atoms with Gasteiger partial charge in [0.25, 0.3) is 0 Å². The molecular weight excluding hydrogens is 372 g/mol. The summed E-state index contributed by atoms with van der Waals surface area (Å²) in [5.74, 6) is -6.33. The molecule has 148 valence electrons. The van der Waals surface area contributed by atoms with E-state index in [4.69, 9.17) is 9.84 Å². The fourth-order valence-corrected chi connectivity index (χ4v) is 1.88. The molecule has 0 aromatic heterocycles. The molecule has 28 heavy (non-hydrogen) atoms. The number of hydrogen-bond acceptors (Lipinski definition) is 2. The van der Waals surface area contributed by atoms with Gasteiger partial charge in [0.1, 0.15) is 0 Å². The summed E-state index contributed by atoms with van der Waals surface area (Å²) >= 11 is 0. The van der Waals surface area contributed by atoms with Crippen molar-refractivity contribution in [2.24, 2.45) is 0 Å². The van der Waals surface area contributed by atoms with E-state index < -0.39 is 34.8 Å². The van der Waals surface area contributed by atoms with Crippen LogP contribution in [0.4, 0.5) is 17.6 Å². The lowest BCUT2D eigenvalue weighted by atomic mass is 10.1. The van der Waals surface area contributed by atoms with Crippen LogP contribution in [0.5, 0.6) is 5.75 Å². The quantitative estimate of drug-likeness (QED) is 0.291. The van der Waals surface area contributed by atoms with E-state index in [9.17, 15) is 17.6 Å². The minimum absolute atomic E-state index is 0.0633. The first-order valence-electron chi connectivity index (χ1n) is 8.08. The molecule has 1 aromatic carbocycles. The van der Waals surface area contributed by atoms with Crippen LogP contribution in [-0.2, 0) is 4.74 Å². The van der Waals surface area contributed by atoms with Crippen molar-refractivity contribution in [1.29, 1.82) is 0 Å². The average Bonchev–Trinajstić information content (AvgIpc) is 2.68. The van der Waals surface area contributed by atoms with Gasteiger partial charge in [-0.1, -0.05) is 50.6 Å². The van der Waals surface area contributed by atoms with Crippen molar-refractivity contribution in [2.45, 2.75) is 6.92 Å². The summed E-state index contributed by atoms with van der Waals surface area (Å²) in [7, 11) is 0. The Kier molecular flexibility index (Phi) is 8.26. The lowest BCUT2D eigenvalue weighted by Crippen LogP contribution is -1.95. The third kappa shape index (κ3) is 5.87. The van der Waals surface area contributed by atoms with Crippen molar-refractivity contribution in [2.75, 3.05) is 6.61 Å². The molecule has 0 heterocycles. The molecule has 0 unspecified atom stereocenters. The Bertz CT molecular complexity index is 905. The monoisotopic (exact) mass is 392 g/mol. The Morgan fingerprint density at radius 1 is 1.00 bits per heavy atom. The van der Waals surface area contributed by atoms with Gasteiger partial charge in [0.2, 0.25) is 11.6 Å². The number of phenols is 1. The Balaban J connectivity index is 2.85. The molecule has 0 aliphatic rings. The lowest BCUT2D eigenvalue weighted by molar-refractivity contribution is 0.224. The SMILES string of the molecule is C=C(/C=C\C(=C)C(=C)/C(F)=C(/F)C(=C)OCC)/C=C/c1ccc(O)c(F)c1F. The molecule has 0 saturated heterocycles. The summed E-state index contributed by atoms with van der Waals surface area (Å²) in [6, 6.07) is 2.21. The predicted molar refractivity (Wildman–Crippen MR) is 104 cm³/mol. The molecule has 2 nitrogen and oxygen atoms in total. The van der Waals surface area contributed by atoms with Crippen molar-refractivity contribution in [3.05, 3.63) is 108 Å². The maximum Gasteiger partial charge on any atom is 0.200 e. The van der Waals surface area contributed by atoms with Gasteiger partial charge in [0.15, 0.2) is 23.2 Å². The highest BCUT2D eigenvalue weighted by molar-refractivity contribution is 5.57. The van der Waals surface area contributed by atoms with E-state index in [1.807, 2.05) is 0 Å². The molecule has 0 amide bonds. The van der Waals surface area contributed by atoms with Crippen molar-refractivity contribution in [1.82, 2.24) is 0 Å². The van der Waals surface area contributed by atoms with Crippen LogP contribution < -0.4 is 0 Å². The molecular formula is C22H20F4O2. The van der Waals surface area contributed by atoms with E-state index in [2.05, 4.69) is 26.3 Å². The second-order valence-corrected chi connectivity index (χ2v) is 5.53. The molecule has 0 spiro atoms. The van der Waals surface area contributed by atoms with E-state index in [0.717, 1.165) is 6.07 Å². The summed E-state index contributed by atoms with van der Waals surface area (Å²) in [5, 5.41) is 9.09. The molecule has 0 bridgehead atoms. The fraction of sp³-hybridized carbons (Fsp3) is 0.0909. The molecule has 1 rings (SSSR count).